The van der Waals surface area contributed by atoms with Crippen LogP contribution in [0.4, 0.5) is 0 Å². The molecule has 0 spiro atoms. The Balaban J connectivity index is 1.97. The molecule has 1 aliphatic heterocycles. The Hall–Kier alpha value is -0.610. The molecule has 104 valence electrons. The molecular weight excluding hydrogens is 228 g/mol. The van der Waals surface area contributed by atoms with E-state index in [4.69, 9.17) is 0 Å². The second-order valence-electron chi connectivity index (χ2n) is 6.17. The minimum Gasteiger partial charge on any atom is -0.388 e. The lowest BCUT2D eigenvalue weighted by molar-refractivity contribution is -0.141. The predicted octanol–water partition coefficient (Wildman–Crippen LogP) is 1.14. The first-order valence-electron chi connectivity index (χ1n) is 7.22. The van der Waals surface area contributed by atoms with E-state index in [0.29, 0.717) is 12.5 Å². The summed E-state index contributed by atoms with van der Waals surface area (Å²) < 4.78 is 0. The topological polar surface area (TPSA) is 52.6 Å². The van der Waals surface area contributed by atoms with E-state index in [0.717, 1.165) is 38.6 Å². The van der Waals surface area contributed by atoms with E-state index in [1.54, 1.807) is 0 Å². The Kier molecular flexibility index (Phi) is 4.28. The molecule has 0 aromatic carbocycles. The van der Waals surface area contributed by atoms with Crippen LogP contribution in [0.15, 0.2) is 0 Å². The Labute approximate surface area is 110 Å². The predicted molar refractivity (Wildman–Crippen MR) is 71.2 cm³/mol. The zero-order valence-electron chi connectivity index (χ0n) is 11.6. The highest BCUT2D eigenvalue weighted by Gasteiger charge is 2.37. The molecule has 0 bridgehead atoms. The van der Waals surface area contributed by atoms with Crippen LogP contribution in [0.5, 0.6) is 0 Å². The van der Waals surface area contributed by atoms with Crippen molar-refractivity contribution in [1.29, 1.82) is 0 Å². The molecular formula is C14H26N2O2. The fourth-order valence-electron chi connectivity index (χ4n) is 3.50. The lowest BCUT2D eigenvalue weighted by atomic mass is 9.78. The summed E-state index contributed by atoms with van der Waals surface area (Å²) in [5, 5.41) is 13.7. The molecule has 2 N–H and O–H groups in total. The van der Waals surface area contributed by atoms with Gasteiger partial charge in [-0.15, -0.1) is 0 Å². The summed E-state index contributed by atoms with van der Waals surface area (Å²) in [5.74, 6) is 0.735. The van der Waals surface area contributed by atoms with Crippen molar-refractivity contribution in [3.8, 4) is 0 Å². The highest BCUT2D eigenvalue weighted by atomic mass is 16.3. The molecule has 2 rings (SSSR count). The number of amides is 1. The fourth-order valence-corrected chi connectivity index (χ4v) is 3.50. The van der Waals surface area contributed by atoms with E-state index in [9.17, 15) is 9.90 Å². The highest BCUT2D eigenvalue weighted by molar-refractivity contribution is 5.82. The third-order valence-corrected chi connectivity index (χ3v) is 4.43. The molecule has 1 heterocycles. The van der Waals surface area contributed by atoms with Crippen LogP contribution < -0.4 is 5.32 Å². The van der Waals surface area contributed by atoms with Crippen LogP contribution in [0, 0.1) is 5.92 Å². The number of aliphatic hydroxyl groups is 1. The van der Waals surface area contributed by atoms with Crippen molar-refractivity contribution in [2.24, 2.45) is 5.92 Å². The van der Waals surface area contributed by atoms with E-state index < -0.39 is 5.60 Å². The number of likely N-dealkylation sites (N-methyl/N-ethyl adjacent to an activating group) is 1. The largest absolute Gasteiger partial charge is 0.388 e. The summed E-state index contributed by atoms with van der Waals surface area (Å²) in [6, 6.07) is -0.0524. The highest BCUT2D eigenvalue weighted by Crippen LogP contribution is 2.33. The van der Waals surface area contributed by atoms with Gasteiger partial charge in [-0.25, -0.2) is 0 Å². The summed E-state index contributed by atoms with van der Waals surface area (Å²) in [4.78, 5) is 14.1. The van der Waals surface area contributed by atoms with Gasteiger partial charge < -0.3 is 15.3 Å². The first-order chi connectivity index (χ1) is 8.54. The van der Waals surface area contributed by atoms with Crippen LogP contribution in [0.1, 0.15) is 45.4 Å². The molecule has 0 aromatic rings. The van der Waals surface area contributed by atoms with Gasteiger partial charge in [0.2, 0.25) is 5.91 Å². The molecule has 4 heteroatoms. The summed E-state index contributed by atoms with van der Waals surface area (Å²) in [6.07, 6.45) is 5.90. The van der Waals surface area contributed by atoms with Gasteiger partial charge in [-0.05, 0) is 38.6 Å². The monoisotopic (exact) mass is 254 g/mol. The normalized spacial score (nSPS) is 37.9. The number of likely N-dealkylation sites (tertiary alicyclic amines) is 1. The molecule has 1 aliphatic carbocycles. The second kappa shape index (κ2) is 5.57. The van der Waals surface area contributed by atoms with Gasteiger partial charge >= 0.3 is 0 Å². The summed E-state index contributed by atoms with van der Waals surface area (Å²) in [6.45, 7) is 3.51. The number of nitrogens with zero attached hydrogens (tertiary/aromatic N) is 1. The molecule has 2 fully saturated rings. The lowest BCUT2D eigenvalue weighted by Crippen LogP contribution is -2.55. The van der Waals surface area contributed by atoms with Crippen molar-refractivity contribution in [1.82, 2.24) is 10.2 Å². The number of rotatable bonds is 3. The number of hydrogen-bond donors (Lipinski definition) is 2. The van der Waals surface area contributed by atoms with Crippen LogP contribution in [0.25, 0.3) is 0 Å². The number of nitrogens with one attached hydrogen (secondary N) is 1. The summed E-state index contributed by atoms with van der Waals surface area (Å²) in [7, 11) is 1.84. The van der Waals surface area contributed by atoms with Gasteiger partial charge in [-0.3, -0.25) is 4.79 Å². The van der Waals surface area contributed by atoms with Gasteiger partial charge in [-0.2, -0.15) is 0 Å². The van der Waals surface area contributed by atoms with Gasteiger partial charge in [-0.1, -0.05) is 19.8 Å². The first kappa shape index (κ1) is 13.8. The second-order valence-corrected chi connectivity index (χ2v) is 6.17. The fraction of sp³-hybridized carbons (Fsp3) is 0.929. The maximum absolute atomic E-state index is 12.2. The molecule has 3 unspecified atom stereocenters. The number of carbonyl (C=O) groups excluding carboxylic acids is 1. The molecule has 1 amide bonds. The van der Waals surface area contributed by atoms with Crippen molar-refractivity contribution < 1.29 is 9.90 Å². The van der Waals surface area contributed by atoms with E-state index in [1.165, 1.54) is 6.42 Å². The van der Waals surface area contributed by atoms with E-state index in [1.807, 2.05) is 11.9 Å². The molecule has 0 radical (unpaired) electrons. The maximum Gasteiger partial charge on any atom is 0.239 e. The molecule has 18 heavy (non-hydrogen) atoms. The van der Waals surface area contributed by atoms with E-state index >= 15 is 0 Å². The van der Waals surface area contributed by atoms with Gasteiger partial charge in [0, 0.05) is 13.1 Å². The zero-order valence-corrected chi connectivity index (χ0v) is 11.6. The van der Waals surface area contributed by atoms with Crippen molar-refractivity contribution in [3.63, 3.8) is 0 Å². The van der Waals surface area contributed by atoms with Crippen LogP contribution in [0.3, 0.4) is 0 Å². The Morgan fingerprint density at radius 3 is 2.89 bits per heavy atom. The number of hydrogen-bond acceptors (Lipinski definition) is 3. The Bertz CT molecular complexity index is 308. The summed E-state index contributed by atoms with van der Waals surface area (Å²) in [5.41, 5.74) is -0.650. The van der Waals surface area contributed by atoms with Crippen LogP contribution >= 0.6 is 0 Å². The molecule has 4 nitrogen and oxygen atoms in total. The lowest BCUT2D eigenvalue weighted by Gasteiger charge is -2.41. The quantitative estimate of drug-likeness (QED) is 0.794. The standard InChI is InChI=1S/C14H26N2O2/c1-11-5-3-7-14(18,9-11)10-16-8-4-6-12(15-2)13(16)17/h11-12,15,18H,3-10H2,1-2H3. The SMILES string of the molecule is CNC1CCCN(CC2(O)CCCC(C)C2)C1=O. The van der Waals surface area contributed by atoms with Gasteiger partial charge in [0.25, 0.3) is 0 Å². The maximum atomic E-state index is 12.2. The van der Waals surface area contributed by atoms with Crippen molar-refractivity contribution >= 4 is 5.91 Å². The van der Waals surface area contributed by atoms with E-state index in [-0.39, 0.29) is 11.9 Å². The molecule has 1 saturated carbocycles. The molecule has 2 aliphatic rings. The molecule has 1 saturated heterocycles. The smallest absolute Gasteiger partial charge is 0.239 e. The number of β-amino-alcohol motifs (C(OH)–C–C–N with tert-alkyl or cyclic N) is 1. The summed E-state index contributed by atoms with van der Waals surface area (Å²) >= 11 is 0. The van der Waals surface area contributed by atoms with Crippen LogP contribution in [-0.2, 0) is 4.79 Å². The number of piperidine rings is 1. The van der Waals surface area contributed by atoms with Gasteiger partial charge in [0.05, 0.1) is 11.6 Å². The third kappa shape index (κ3) is 3.04. The van der Waals surface area contributed by atoms with Crippen molar-refractivity contribution in [2.75, 3.05) is 20.1 Å². The first-order valence-corrected chi connectivity index (χ1v) is 7.22. The van der Waals surface area contributed by atoms with Crippen molar-refractivity contribution in [2.45, 2.75) is 57.1 Å². The minimum atomic E-state index is -0.650. The Morgan fingerprint density at radius 2 is 2.22 bits per heavy atom. The van der Waals surface area contributed by atoms with E-state index in [2.05, 4.69) is 12.2 Å². The third-order valence-electron chi connectivity index (χ3n) is 4.43. The Morgan fingerprint density at radius 1 is 1.44 bits per heavy atom. The van der Waals surface area contributed by atoms with Gasteiger partial charge in [0.1, 0.15) is 0 Å². The minimum absolute atomic E-state index is 0.0524. The van der Waals surface area contributed by atoms with Crippen LogP contribution in [0.2, 0.25) is 0 Å². The zero-order chi connectivity index (χ0) is 13.2. The van der Waals surface area contributed by atoms with Crippen LogP contribution in [-0.4, -0.2) is 47.7 Å². The number of carbonyl (C=O) groups is 1. The average molecular weight is 254 g/mol. The van der Waals surface area contributed by atoms with Gasteiger partial charge in [0.15, 0.2) is 0 Å². The average Bonchev–Trinajstić information content (AvgIpc) is 2.31. The van der Waals surface area contributed by atoms with Crippen molar-refractivity contribution in [3.05, 3.63) is 0 Å². The molecule has 0 aromatic heterocycles. The molecule has 3 atom stereocenters.